The van der Waals surface area contributed by atoms with Gasteiger partial charge in [-0.05, 0) is 24.1 Å². The molecule has 0 aliphatic rings. The summed E-state index contributed by atoms with van der Waals surface area (Å²) < 4.78 is 5.25. The first-order valence-corrected chi connectivity index (χ1v) is 6.85. The minimum atomic E-state index is -0.247. The predicted molar refractivity (Wildman–Crippen MR) is 80.3 cm³/mol. The van der Waals surface area contributed by atoms with Crippen LogP contribution in [0.5, 0.6) is 5.75 Å². The molecule has 5 heteroatoms. The Morgan fingerprint density at radius 1 is 1.19 bits per heavy atom. The van der Waals surface area contributed by atoms with Crippen molar-refractivity contribution >= 4 is 5.91 Å². The molecule has 2 aromatic rings. The third-order valence-corrected chi connectivity index (χ3v) is 3.14. The number of ether oxygens (including phenoxy) is 1. The number of para-hydroxylation sites is 1. The number of nitrogens with one attached hydrogen (secondary N) is 1. The van der Waals surface area contributed by atoms with Gasteiger partial charge in [0.2, 0.25) is 0 Å². The van der Waals surface area contributed by atoms with Gasteiger partial charge in [-0.25, -0.2) is 0 Å². The number of carbonyl (C=O) groups excluding carboxylic acids is 1. The average Bonchev–Trinajstić information content (AvgIpc) is 2.52. The van der Waals surface area contributed by atoms with Gasteiger partial charge in [0.15, 0.2) is 5.69 Å². The summed E-state index contributed by atoms with van der Waals surface area (Å²) in [6, 6.07) is 11.1. The van der Waals surface area contributed by atoms with E-state index < -0.39 is 0 Å². The standard InChI is InChI=1S/C16H19N3O2/c1-11(2)13-8-9-14(19-18-13)16(20)17-10-12-6-4-5-7-15(12)21-3/h4-9,11H,10H2,1-3H3,(H,17,20). The summed E-state index contributed by atoms with van der Waals surface area (Å²) in [4.78, 5) is 12.0. The smallest absolute Gasteiger partial charge is 0.272 e. The van der Waals surface area contributed by atoms with Crippen molar-refractivity contribution in [3.8, 4) is 5.75 Å². The van der Waals surface area contributed by atoms with Crippen LogP contribution in [0.25, 0.3) is 0 Å². The van der Waals surface area contributed by atoms with Crippen LogP contribution in [0.15, 0.2) is 36.4 Å². The second kappa shape index (κ2) is 6.83. The van der Waals surface area contributed by atoms with Crippen molar-refractivity contribution in [1.82, 2.24) is 15.5 Å². The molecule has 1 amide bonds. The van der Waals surface area contributed by atoms with Crippen LogP contribution in [0.1, 0.15) is 41.5 Å². The quantitative estimate of drug-likeness (QED) is 0.917. The Morgan fingerprint density at radius 2 is 1.95 bits per heavy atom. The largest absolute Gasteiger partial charge is 0.496 e. The van der Waals surface area contributed by atoms with Crippen LogP contribution in [0.4, 0.5) is 0 Å². The molecule has 0 saturated carbocycles. The summed E-state index contributed by atoms with van der Waals surface area (Å²) in [5, 5.41) is 10.8. The summed E-state index contributed by atoms with van der Waals surface area (Å²) >= 11 is 0. The van der Waals surface area contributed by atoms with Gasteiger partial charge in [-0.15, -0.1) is 5.10 Å². The van der Waals surface area contributed by atoms with Gasteiger partial charge in [0.25, 0.3) is 5.91 Å². The van der Waals surface area contributed by atoms with Crippen molar-refractivity contribution in [1.29, 1.82) is 0 Å². The molecule has 5 nitrogen and oxygen atoms in total. The number of carbonyl (C=O) groups is 1. The number of methoxy groups -OCH3 is 1. The maximum Gasteiger partial charge on any atom is 0.272 e. The van der Waals surface area contributed by atoms with Crippen molar-refractivity contribution < 1.29 is 9.53 Å². The Bertz CT molecular complexity index is 609. The SMILES string of the molecule is COc1ccccc1CNC(=O)c1ccc(C(C)C)nn1. The van der Waals surface area contributed by atoms with Gasteiger partial charge < -0.3 is 10.1 Å². The Hall–Kier alpha value is -2.43. The first-order chi connectivity index (χ1) is 10.1. The molecule has 0 radical (unpaired) electrons. The minimum absolute atomic E-state index is 0.247. The van der Waals surface area contributed by atoms with Gasteiger partial charge >= 0.3 is 0 Å². The highest BCUT2D eigenvalue weighted by Crippen LogP contribution is 2.16. The summed E-state index contributed by atoms with van der Waals surface area (Å²) in [6.45, 7) is 4.45. The molecule has 0 atom stereocenters. The van der Waals surface area contributed by atoms with Crippen LogP contribution >= 0.6 is 0 Å². The van der Waals surface area contributed by atoms with E-state index in [1.165, 1.54) is 0 Å². The van der Waals surface area contributed by atoms with Crippen molar-refractivity contribution in [3.05, 3.63) is 53.3 Å². The summed E-state index contributed by atoms with van der Waals surface area (Å²) in [7, 11) is 1.61. The Labute approximate surface area is 124 Å². The monoisotopic (exact) mass is 285 g/mol. The van der Waals surface area contributed by atoms with Gasteiger partial charge in [-0.2, -0.15) is 5.10 Å². The maximum atomic E-state index is 12.0. The molecule has 0 fully saturated rings. The van der Waals surface area contributed by atoms with E-state index in [0.29, 0.717) is 18.2 Å². The lowest BCUT2D eigenvalue weighted by molar-refractivity contribution is 0.0944. The summed E-state index contributed by atoms with van der Waals surface area (Å²) in [6.07, 6.45) is 0. The first-order valence-electron chi connectivity index (χ1n) is 6.85. The van der Waals surface area contributed by atoms with E-state index >= 15 is 0 Å². The third-order valence-electron chi connectivity index (χ3n) is 3.14. The fraction of sp³-hybridized carbons (Fsp3) is 0.312. The lowest BCUT2D eigenvalue weighted by Crippen LogP contribution is -2.24. The normalized spacial score (nSPS) is 10.5. The summed E-state index contributed by atoms with van der Waals surface area (Å²) in [5.74, 6) is 0.797. The second-order valence-electron chi connectivity index (χ2n) is 4.99. The molecule has 0 aliphatic heterocycles. The Balaban J connectivity index is 2.01. The average molecular weight is 285 g/mol. The lowest BCUT2D eigenvalue weighted by atomic mass is 10.1. The molecule has 110 valence electrons. The molecule has 21 heavy (non-hydrogen) atoms. The molecule has 1 aromatic carbocycles. The Kier molecular flexibility index (Phi) is 4.87. The Morgan fingerprint density at radius 3 is 2.57 bits per heavy atom. The van der Waals surface area contributed by atoms with Crippen molar-refractivity contribution in [2.24, 2.45) is 0 Å². The van der Waals surface area contributed by atoms with Gasteiger partial charge in [-0.1, -0.05) is 32.0 Å². The number of amides is 1. The molecular formula is C16H19N3O2. The van der Waals surface area contributed by atoms with E-state index in [1.807, 2.05) is 44.2 Å². The van der Waals surface area contributed by atoms with E-state index in [1.54, 1.807) is 13.2 Å². The fourth-order valence-electron chi connectivity index (χ4n) is 1.89. The zero-order valence-corrected chi connectivity index (χ0v) is 12.5. The fourth-order valence-corrected chi connectivity index (χ4v) is 1.89. The zero-order valence-electron chi connectivity index (χ0n) is 12.5. The molecule has 0 spiro atoms. The molecule has 1 aromatic heterocycles. The van der Waals surface area contributed by atoms with Gasteiger partial charge in [0.05, 0.1) is 12.8 Å². The highest BCUT2D eigenvalue weighted by atomic mass is 16.5. The topological polar surface area (TPSA) is 64.1 Å². The highest BCUT2D eigenvalue weighted by Gasteiger charge is 2.10. The van der Waals surface area contributed by atoms with Crippen molar-refractivity contribution in [3.63, 3.8) is 0 Å². The van der Waals surface area contributed by atoms with Crippen LogP contribution in [-0.2, 0) is 6.54 Å². The second-order valence-corrected chi connectivity index (χ2v) is 4.99. The minimum Gasteiger partial charge on any atom is -0.496 e. The molecule has 0 unspecified atom stereocenters. The summed E-state index contributed by atoms with van der Waals surface area (Å²) in [5.41, 5.74) is 2.10. The predicted octanol–water partition coefficient (Wildman–Crippen LogP) is 2.54. The molecule has 1 N–H and O–H groups in total. The molecule has 0 saturated heterocycles. The van der Waals surface area contributed by atoms with E-state index in [2.05, 4.69) is 15.5 Å². The van der Waals surface area contributed by atoms with E-state index in [-0.39, 0.29) is 5.91 Å². The van der Waals surface area contributed by atoms with Gasteiger partial charge in [0, 0.05) is 12.1 Å². The van der Waals surface area contributed by atoms with Crippen molar-refractivity contribution in [2.45, 2.75) is 26.3 Å². The zero-order chi connectivity index (χ0) is 15.2. The molecule has 2 rings (SSSR count). The highest BCUT2D eigenvalue weighted by molar-refractivity contribution is 5.92. The third kappa shape index (κ3) is 3.78. The number of rotatable bonds is 5. The van der Waals surface area contributed by atoms with E-state index in [9.17, 15) is 4.79 Å². The van der Waals surface area contributed by atoms with Crippen LogP contribution in [0.3, 0.4) is 0 Å². The number of aromatic nitrogens is 2. The number of nitrogens with zero attached hydrogens (tertiary/aromatic N) is 2. The number of benzene rings is 1. The number of hydrogen-bond donors (Lipinski definition) is 1. The first kappa shape index (κ1) is 15.0. The molecule has 0 aliphatic carbocycles. The van der Waals surface area contributed by atoms with E-state index in [0.717, 1.165) is 17.0 Å². The molecule has 0 bridgehead atoms. The van der Waals surface area contributed by atoms with Gasteiger partial charge in [-0.3, -0.25) is 4.79 Å². The lowest BCUT2D eigenvalue weighted by Gasteiger charge is -2.09. The van der Waals surface area contributed by atoms with Crippen LogP contribution in [-0.4, -0.2) is 23.2 Å². The molecular weight excluding hydrogens is 266 g/mol. The maximum absolute atomic E-state index is 12.0. The van der Waals surface area contributed by atoms with Crippen LogP contribution < -0.4 is 10.1 Å². The van der Waals surface area contributed by atoms with E-state index in [4.69, 9.17) is 4.74 Å². The molecule has 1 heterocycles. The number of hydrogen-bond acceptors (Lipinski definition) is 4. The van der Waals surface area contributed by atoms with Crippen LogP contribution in [0.2, 0.25) is 0 Å². The van der Waals surface area contributed by atoms with Crippen molar-refractivity contribution in [2.75, 3.05) is 7.11 Å². The van der Waals surface area contributed by atoms with Gasteiger partial charge in [0.1, 0.15) is 5.75 Å². The van der Waals surface area contributed by atoms with Crippen LogP contribution in [0, 0.1) is 0 Å².